The summed E-state index contributed by atoms with van der Waals surface area (Å²) in [7, 11) is 0. The van der Waals surface area contributed by atoms with Crippen molar-refractivity contribution in [3.8, 4) is 5.75 Å². The van der Waals surface area contributed by atoms with Gasteiger partial charge in [0.2, 0.25) is 0 Å². The molecule has 0 heterocycles. The second-order valence-electron chi connectivity index (χ2n) is 4.80. The zero-order chi connectivity index (χ0) is 14.1. The average molecular weight is 273 g/mol. The van der Waals surface area contributed by atoms with Gasteiger partial charge in [0, 0.05) is 6.42 Å². The quantitative estimate of drug-likeness (QED) is 0.917. The standard InChI is InChI=1S/C13H14F3NO2/c14-13(15,16)19-10-4-2-9(3-5-10)8-11(18)12(17)6-1-7-12/h2-5H,1,6-8,17H2. The lowest BCUT2D eigenvalue weighted by atomic mass is 9.73. The second-order valence-corrected chi connectivity index (χ2v) is 4.80. The largest absolute Gasteiger partial charge is 0.573 e. The number of hydrogen-bond donors (Lipinski definition) is 1. The van der Waals surface area contributed by atoms with Crippen molar-refractivity contribution in [1.29, 1.82) is 0 Å². The lowest BCUT2D eigenvalue weighted by Gasteiger charge is -2.36. The van der Waals surface area contributed by atoms with Crippen LogP contribution in [0.1, 0.15) is 24.8 Å². The third-order valence-electron chi connectivity index (χ3n) is 3.32. The molecule has 0 aliphatic heterocycles. The molecule has 0 radical (unpaired) electrons. The van der Waals surface area contributed by atoms with Gasteiger partial charge in [0.1, 0.15) is 5.75 Å². The Hall–Kier alpha value is -1.56. The number of nitrogens with two attached hydrogens (primary N) is 1. The van der Waals surface area contributed by atoms with Crippen molar-refractivity contribution >= 4 is 5.78 Å². The number of Topliss-reactive ketones (excluding diaryl/α,β-unsaturated/α-hetero) is 1. The average Bonchev–Trinajstić information content (AvgIpc) is 2.26. The van der Waals surface area contributed by atoms with Gasteiger partial charge in [-0.3, -0.25) is 4.79 Å². The van der Waals surface area contributed by atoms with Crippen LogP contribution in [-0.4, -0.2) is 17.7 Å². The summed E-state index contributed by atoms with van der Waals surface area (Å²) in [5, 5.41) is 0. The molecule has 2 rings (SSSR count). The Balaban J connectivity index is 1.97. The molecule has 1 aromatic rings. The molecule has 1 saturated carbocycles. The third-order valence-corrected chi connectivity index (χ3v) is 3.32. The molecule has 0 spiro atoms. The predicted molar refractivity (Wildman–Crippen MR) is 62.6 cm³/mol. The van der Waals surface area contributed by atoms with Crippen LogP contribution in [0.5, 0.6) is 5.75 Å². The van der Waals surface area contributed by atoms with Crippen LogP contribution in [0.25, 0.3) is 0 Å². The molecule has 3 nitrogen and oxygen atoms in total. The molecule has 0 amide bonds. The van der Waals surface area contributed by atoms with Crippen LogP contribution in [0.15, 0.2) is 24.3 Å². The first-order valence-electron chi connectivity index (χ1n) is 5.95. The summed E-state index contributed by atoms with van der Waals surface area (Å²) >= 11 is 0. The summed E-state index contributed by atoms with van der Waals surface area (Å²) in [5.41, 5.74) is 5.78. The van der Waals surface area contributed by atoms with Gasteiger partial charge in [-0.2, -0.15) is 0 Å². The van der Waals surface area contributed by atoms with Gasteiger partial charge >= 0.3 is 6.36 Å². The van der Waals surface area contributed by atoms with Gasteiger partial charge in [-0.05, 0) is 37.0 Å². The summed E-state index contributed by atoms with van der Waals surface area (Å²) in [6, 6.07) is 5.28. The highest BCUT2D eigenvalue weighted by atomic mass is 19.4. The number of ketones is 1. The van der Waals surface area contributed by atoms with Crippen molar-refractivity contribution in [3.63, 3.8) is 0 Å². The van der Waals surface area contributed by atoms with Crippen molar-refractivity contribution in [2.75, 3.05) is 0 Å². The van der Waals surface area contributed by atoms with Gasteiger partial charge < -0.3 is 10.5 Å². The number of hydrogen-bond acceptors (Lipinski definition) is 3. The second kappa shape index (κ2) is 4.85. The molecule has 19 heavy (non-hydrogen) atoms. The van der Waals surface area contributed by atoms with Crippen LogP contribution in [-0.2, 0) is 11.2 Å². The van der Waals surface area contributed by atoms with E-state index in [4.69, 9.17) is 5.73 Å². The van der Waals surface area contributed by atoms with E-state index in [-0.39, 0.29) is 18.0 Å². The molecular weight excluding hydrogens is 259 g/mol. The van der Waals surface area contributed by atoms with Crippen LogP contribution >= 0.6 is 0 Å². The Kier molecular flexibility index (Phi) is 3.54. The Morgan fingerprint density at radius 3 is 2.26 bits per heavy atom. The highest BCUT2D eigenvalue weighted by Crippen LogP contribution is 2.31. The van der Waals surface area contributed by atoms with Gasteiger partial charge in [-0.1, -0.05) is 12.1 Å². The minimum atomic E-state index is -4.70. The van der Waals surface area contributed by atoms with Gasteiger partial charge in [0.25, 0.3) is 0 Å². The fourth-order valence-corrected chi connectivity index (χ4v) is 2.01. The zero-order valence-corrected chi connectivity index (χ0v) is 10.2. The summed E-state index contributed by atoms with van der Waals surface area (Å²) < 4.78 is 39.7. The van der Waals surface area contributed by atoms with E-state index in [1.165, 1.54) is 24.3 Å². The van der Waals surface area contributed by atoms with Crippen molar-refractivity contribution in [2.24, 2.45) is 5.73 Å². The van der Waals surface area contributed by atoms with Crippen molar-refractivity contribution in [2.45, 2.75) is 37.6 Å². The lowest BCUT2D eigenvalue weighted by Crippen LogP contribution is -2.54. The molecule has 104 valence electrons. The Morgan fingerprint density at radius 1 is 1.26 bits per heavy atom. The van der Waals surface area contributed by atoms with Crippen LogP contribution in [0, 0.1) is 0 Å². The van der Waals surface area contributed by atoms with E-state index in [0.29, 0.717) is 18.4 Å². The lowest BCUT2D eigenvalue weighted by molar-refractivity contribution is -0.274. The zero-order valence-electron chi connectivity index (χ0n) is 10.2. The Morgan fingerprint density at radius 2 is 1.84 bits per heavy atom. The number of alkyl halides is 3. The first-order chi connectivity index (χ1) is 8.78. The van der Waals surface area contributed by atoms with Crippen molar-refractivity contribution < 1.29 is 22.7 Å². The van der Waals surface area contributed by atoms with Crippen molar-refractivity contribution in [1.82, 2.24) is 0 Å². The minimum Gasteiger partial charge on any atom is -0.406 e. The highest BCUT2D eigenvalue weighted by molar-refractivity contribution is 5.90. The SMILES string of the molecule is NC1(C(=O)Cc2ccc(OC(F)(F)F)cc2)CCC1. The number of benzene rings is 1. The smallest absolute Gasteiger partial charge is 0.406 e. The first-order valence-corrected chi connectivity index (χ1v) is 5.95. The molecule has 0 atom stereocenters. The number of carbonyl (C=O) groups is 1. The van der Waals surface area contributed by atoms with E-state index in [0.717, 1.165) is 6.42 Å². The van der Waals surface area contributed by atoms with Gasteiger partial charge in [-0.25, -0.2) is 0 Å². The van der Waals surface area contributed by atoms with Crippen LogP contribution in [0.3, 0.4) is 0 Å². The molecule has 0 saturated heterocycles. The number of rotatable bonds is 4. The van der Waals surface area contributed by atoms with Crippen LogP contribution in [0.2, 0.25) is 0 Å². The summed E-state index contributed by atoms with van der Waals surface area (Å²) in [6.07, 6.45) is -2.25. The molecule has 0 bridgehead atoms. The first kappa shape index (κ1) is 13.9. The number of halogens is 3. The van der Waals surface area contributed by atoms with E-state index in [1.54, 1.807) is 0 Å². The fraction of sp³-hybridized carbons (Fsp3) is 0.462. The molecule has 1 aliphatic carbocycles. The highest BCUT2D eigenvalue weighted by Gasteiger charge is 2.39. The molecule has 1 aliphatic rings. The topological polar surface area (TPSA) is 52.3 Å². The maximum atomic E-state index is 12.0. The van der Waals surface area contributed by atoms with Crippen LogP contribution in [0.4, 0.5) is 13.2 Å². The Bertz CT molecular complexity index is 464. The molecule has 1 fully saturated rings. The maximum absolute atomic E-state index is 12.0. The molecular formula is C13H14F3NO2. The maximum Gasteiger partial charge on any atom is 0.573 e. The normalized spacial score (nSPS) is 17.7. The van der Waals surface area contributed by atoms with E-state index >= 15 is 0 Å². The third kappa shape index (κ3) is 3.47. The van der Waals surface area contributed by atoms with Gasteiger partial charge in [0.15, 0.2) is 5.78 Å². The molecule has 2 N–H and O–H groups in total. The van der Waals surface area contributed by atoms with E-state index in [9.17, 15) is 18.0 Å². The van der Waals surface area contributed by atoms with Gasteiger partial charge in [-0.15, -0.1) is 13.2 Å². The molecule has 0 unspecified atom stereocenters. The molecule has 1 aromatic carbocycles. The number of ether oxygens (including phenoxy) is 1. The summed E-state index contributed by atoms with van der Waals surface area (Å²) in [4.78, 5) is 11.9. The van der Waals surface area contributed by atoms with E-state index < -0.39 is 11.9 Å². The molecule has 6 heteroatoms. The fourth-order valence-electron chi connectivity index (χ4n) is 2.01. The predicted octanol–water partition coefficient (Wildman–Crippen LogP) is 2.58. The summed E-state index contributed by atoms with van der Waals surface area (Å²) in [5.74, 6) is -0.363. The van der Waals surface area contributed by atoms with Gasteiger partial charge in [0.05, 0.1) is 5.54 Å². The molecule has 0 aromatic heterocycles. The van der Waals surface area contributed by atoms with E-state index in [1.807, 2.05) is 0 Å². The number of carbonyl (C=O) groups excluding carboxylic acids is 1. The monoisotopic (exact) mass is 273 g/mol. The summed E-state index contributed by atoms with van der Waals surface area (Å²) in [6.45, 7) is 0. The van der Waals surface area contributed by atoms with E-state index in [2.05, 4.69) is 4.74 Å². The van der Waals surface area contributed by atoms with Crippen molar-refractivity contribution in [3.05, 3.63) is 29.8 Å². The minimum absolute atomic E-state index is 0.0664. The Labute approximate surface area is 108 Å². The van der Waals surface area contributed by atoms with Crippen LogP contribution < -0.4 is 10.5 Å².